The lowest BCUT2D eigenvalue weighted by molar-refractivity contribution is -0.141. The first-order valence-corrected chi connectivity index (χ1v) is 6.11. The lowest BCUT2D eigenvalue weighted by atomic mass is 10.0. The summed E-state index contributed by atoms with van der Waals surface area (Å²) >= 11 is 0. The van der Waals surface area contributed by atoms with Crippen molar-refractivity contribution in [3.05, 3.63) is 18.2 Å². The number of anilines is 1. The van der Waals surface area contributed by atoms with E-state index in [0.717, 1.165) is 0 Å². The number of amides is 1. The van der Waals surface area contributed by atoms with E-state index < -0.39 is 12.0 Å². The molecule has 0 saturated carbocycles. The van der Waals surface area contributed by atoms with Crippen LogP contribution in [0.3, 0.4) is 0 Å². The van der Waals surface area contributed by atoms with Crippen molar-refractivity contribution in [3.8, 4) is 11.5 Å². The topological polar surface area (TPSA) is 76.1 Å². The van der Waals surface area contributed by atoms with E-state index in [-0.39, 0.29) is 12.7 Å². The highest BCUT2D eigenvalue weighted by molar-refractivity contribution is 6.00. The molecular weight excluding hydrogens is 250 g/mol. The summed E-state index contributed by atoms with van der Waals surface area (Å²) in [5.74, 6) is 0.00308. The number of carbonyl (C=O) groups is 2. The number of ether oxygens (including phenoxy) is 2. The minimum Gasteiger partial charge on any atom is -0.480 e. The van der Waals surface area contributed by atoms with Crippen molar-refractivity contribution in [3.63, 3.8) is 0 Å². The summed E-state index contributed by atoms with van der Waals surface area (Å²) in [6.45, 7) is 0.148. The zero-order valence-electron chi connectivity index (χ0n) is 10.2. The Morgan fingerprint density at radius 2 is 2.11 bits per heavy atom. The van der Waals surface area contributed by atoms with E-state index in [1.165, 1.54) is 4.90 Å². The zero-order valence-corrected chi connectivity index (χ0v) is 10.2. The lowest BCUT2D eigenvalue weighted by Gasteiger charge is -2.32. The van der Waals surface area contributed by atoms with Crippen molar-refractivity contribution in [2.24, 2.45) is 0 Å². The van der Waals surface area contributed by atoms with Crippen molar-refractivity contribution in [2.45, 2.75) is 25.3 Å². The first kappa shape index (κ1) is 11.8. The van der Waals surface area contributed by atoms with Gasteiger partial charge in [-0.3, -0.25) is 9.69 Å². The van der Waals surface area contributed by atoms with Gasteiger partial charge in [-0.05, 0) is 25.0 Å². The molecule has 1 amide bonds. The van der Waals surface area contributed by atoms with Crippen LogP contribution in [0, 0.1) is 0 Å². The Bertz CT molecular complexity index is 542. The van der Waals surface area contributed by atoms with Gasteiger partial charge in [-0.1, -0.05) is 0 Å². The highest BCUT2D eigenvalue weighted by atomic mass is 16.7. The predicted octanol–water partition coefficient (Wildman–Crippen LogP) is 1.39. The van der Waals surface area contributed by atoms with Gasteiger partial charge in [0.15, 0.2) is 11.5 Å². The first-order valence-electron chi connectivity index (χ1n) is 6.11. The number of piperidine rings is 1. The molecule has 0 aromatic heterocycles. The van der Waals surface area contributed by atoms with E-state index in [4.69, 9.17) is 9.47 Å². The van der Waals surface area contributed by atoms with Gasteiger partial charge >= 0.3 is 5.97 Å². The van der Waals surface area contributed by atoms with Gasteiger partial charge in [-0.25, -0.2) is 4.79 Å². The van der Waals surface area contributed by atoms with Crippen LogP contribution in [0.5, 0.6) is 11.5 Å². The van der Waals surface area contributed by atoms with Gasteiger partial charge in [-0.2, -0.15) is 0 Å². The molecule has 3 rings (SSSR count). The molecule has 6 nitrogen and oxygen atoms in total. The highest BCUT2D eigenvalue weighted by Crippen LogP contribution is 2.37. The number of hydrogen-bond donors (Lipinski definition) is 1. The molecule has 1 aromatic rings. The van der Waals surface area contributed by atoms with Gasteiger partial charge in [0.2, 0.25) is 12.7 Å². The van der Waals surface area contributed by atoms with Gasteiger partial charge in [0.25, 0.3) is 0 Å². The molecule has 1 fully saturated rings. The molecular formula is C13H13NO5. The molecule has 100 valence electrons. The van der Waals surface area contributed by atoms with E-state index in [9.17, 15) is 14.7 Å². The number of benzene rings is 1. The van der Waals surface area contributed by atoms with Gasteiger partial charge in [0, 0.05) is 18.2 Å². The van der Waals surface area contributed by atoms with E-state index in [1.54, 1.807) is 18.2 Å². The Kier molecular flexibility index (Phi) is 2.77. The third-order valence-corrected chi connectivity index (χ3v) is 3.37. The quantitative estimate of drug-likeness (QED) is 0.872. The van der Waals surface area contributed by atoms with Crippen molar-refractivity contribution >= 4 is 17.6 Å². The number of carboxylic acid groups (broad SMARTS) is 1. The van der Waals surface area contributed by atoms with Crippen molar-refractivity contribution in [1.29, 1.82) is 0 Å². The SMILES string of the molecule is O=C(O)C1CCCC(=O)N1c1ccc2c(c1)OCO2. The second-order valence-electron chi connectivity index (χ2n) is 4.55. The van der Waals surface area contributed by atoms with Crippen LogP contribution in [-0.4, -0.2) is 29.8 Å². The molecule has 2 heterocycles. The minimum absolute atomic E-state index is 0.148. The average molecular weight is 263 g/mol. The fourth-order valence-corrected chi connectivity index (χ4v) is 2.46. The van der Waals surface area contributed by atoms with Crippen molar-refractivity contribution < 1.29 is 24.2 Å². The first-order chi connectivity index (χ1) is 9.16. The third-order valence-electron chi connectivity index (χ3n) is 3.37. The van der Waals surface area contributed by atoms with E-state index in [0.29, 0.717) is 36.4 Å². The molecule has 0 aliphatic carbocycles. The molecule has 1 atom stereocenters. The summed E-state index contributed by atoms with van der Waals surface area (Å²) < 4.78 is 10.5. The Morgan fingerprint density at radius 3 is 2.89 bits per heavy atom. The minimum atomic E-state index is -0.981. The number of nitrogens with zero attached hydrogens (tertiary/aromatic N) is 1. The monoisotopic (exact) mass is 263 g/mol. The number of fused-ring (bicyclic) bond motifs is 1. The average Bonchev–Trinajstić information content (AvgIpc) is 2.85. The van der Waals surface area contributed by atoms with Gasteiger partial charge < -0.3 is 14.6 Å². The standard InChI is InChI=1S/C13H13NO5/c15-12-3-1-2-9(13(16)17)14(12)8-4-5-10-11(6-8)19-7-18-10/h4-6,9H,1-3,7H2,(H,16,17). The van der Waals surface area contributed by atoms with Crippen molar-refractivity contribution in [2.75, 3.05) is 11.7 Å². The Hall–Kier alpha value is -2.24. The molecule has 2 aliphatic rings. The number of carboxylic acids is 1. The second-order valence-corrected chi connectivity index (χ2v) is 4.55. The van der Waals surface area contributed by atoms with Gasteiger partial charge in [-0.15, -0.1) is 0 Å². The molecule has 0 bridgehead atoms. The Labute approximate surface area is 109 Å². The second kappa shape index (κ2) is 4.46. The summed E-state index contributed by atoms with van der Waals surface area (Å²) in [4.78, 5) is 24.6. The number of carbonyl (C=O) groups excluding carboxylic acids is 1. The maximum absolute atomic E-state index is 12.0. The molecule has 1 aromatic carbocycles. The van der Waals surface area contributed by atoms with Crippen LogP contribution < -0.4 is 14.4 Å². The Balaban J connectivity index is 1.97. The summed E-state index contributed by atoms with van der Waals surface area (Å²) in [6.07, 6.45) is 1.45. The number of rotatable bonds is 2. The number of hydrogen-bond acceptors (Lipinski definition) is 4. The fourth-order valence-electron chi connectivity index (χ4n) is 2.46. The molecule has 0 radical (unpaired) electrons. The summed E-state index contributed by atoms with van der Waals surface area (Å²) in [5.41, 5.74) is 0.543. The normalized spacial score (nSPS) is 21.6. The zero-order chi connectivity index (χ0) is 13.4. The molecule has 1 unspecified atom stereocenters. The fraction of sp³-hybridized carbons (Fsp3) is 0.385. The Morgan fingerprint density at radius 1 is 1.32 bits per heavy atom. The third kappa shape index (κ3) is 1.99. The van der Waals surface area contributed by atoms with Gasteiger partial charge in [0.1, 0.15) is 6.04 Å². The molecule has 1 saturated heterocycles. The van der Waals surface area contributed by atoms with Crippen LogP contribution in [0.4, 0.5) is 5.69 Å². The van der Waals surface area contributed by atoms with Crippen LogP contribution in [0.15, 0.2) is 18.2 Å². The van der Waals surface area contributed by atoms with Crippen molar-refractivity contribution in [1.82, 2.24) is 0 Å². The van der Waals surface area contributed by atoms with Crippen LogP contribution in [-0.2, 0) is 9.59 Å². The van der Waals surface area contributed by atoms with E-state index in [2.05, 4.69) is 0 Å². The summed E-state index contributed by atoms with van der Waals surface area (Å²) in [7, 11) is 0. The summed E-state index contributed by atoms with van der Waals surface area (Å²) in [6, 6.07) is 4.23. The molecule has 2 aliphatic heterocycles. The maximum Gasteiger partial charge on any atom is 0.326 e. The molecule has 1 N–H and O–H groups in total. The largest absolute Gasteiger partial charge is 0.480 e. The summed E-state index contributed by atoms with van der Waals surface area (Å²) in [5, 5.41) is 9.23. The molecule has 19 heavy (non-hydrogen) atoms. The number of aliphatic carboxylic acids is 1. The smallest absolute Gasteiger partial charge is 0.326 e. The van der Waals surface area contributed by atoms with Crippen LogP contribution in [0.25, 0.3) is 0 Å². The lowest BCUT2D eigenvalue weighted by Crippen LogP contribution is -2.48. The molecule has 6 heteroatoms. The van der Waals surface area contributed by atoms with E-state index >= 15 is 0 Å². The molecule has 0 spiro atoms. The van der Waals surface area contributed by atoms with Crippen LogP contribution >= 0.6 is 0 Å². The van der Waals surface area contributed by atoms with Crippen LogP contribution in [0.2, 0.25) is 0 Å². The van der Waals surface area contributed by atoms with Gasteiger partial charge in [0.05, 0.1) is 0 Å². The highest BCUT2D eigenvalue weighted by Gasteiger charge is 2.34. The van der Waals surface area contributed by atoms with Crippen LogP contribution in [0.1, 0.15) is 19.3 Å². The maximum atomic E-state index is 12.0. The van der Waals surface area contributed by atoms with E-state index in [1.807, 2.05) is 0 Å². The predicted molar refractivity (Wildman–Crippen MR) is 65.3 cm³/mol.